The van der Waals surface area contributed by atoms with Gasteiger partial charge in [-0.25, -0.2) is 13.8 Å². The molecule has 0 unspecified atom stereocenters. The topological polar surface area (TPSA) is 93.5 Å². The third kappa shape index (κ3) is 5.12. The van der Waals surface area contributed by atoms with Crippen molar-refractivity contribution in [3.8, 4) is 11.6 Å². The Morgan fingerprint density at radius 2 is 2.03 bits per heavy atom. The Bertz CT molecular complexity index is 1220. The molecule has 1 atom stereocenters. The summed E-state index contributed by atoms with van der Waals surface area (Å²) in [4.78, 5) is 29.2. The monoisotopic (exact) mass is 463 g/mol. The van der Waals surface area contributed by atoms with Crippen molar-refractivity contribution >= 4 is 17.5 Å². The SMILES string of the molecule is Cc1ccc(C(=O)N[C@@H](C)CO)cc1-n1cnc(OCc2ccc(F)cc2F)c(Cl)c1=O. The van der Waals surface area contributed by atoms with Crippen LogP contribution in [-0.2, 0) is 6.61 Å². The molecule has 0 radical (unpaired) electrons. The van der Waals surface area contributed by atoms with E-state index in [0.29, 0.717) is 11.3 Å². The van der Waals surface area contributed by atoms with Crippen LogP contribution in [0.1, 0.15) is 28.4 Å². The lowest BCUT2D eigenvalue weighted by atomic mass is 10.1. The first-order valence-corrected chi connectivity index (χ1v) is 9.95. The Hall–Kier alpha value is -3.30. The van der Waals surface area contributed by atoms with E-state index in [1.54, 1.807) is 26.0 Å². The van der Waals surface area contributed by atoms with Gasteiger partial charge >= 0.3 is 0 Å². The van der Waals surface area contributed by atoms with Crippen LogP contribution in [0.15, 0.2) is 47.5 Å². The van der Waals surface area contributed by atoms with Crippen LogP contribution < -0.4 is 15.6 Å². The van der Waals surface area contributed by atoms with E-state index in [9.17, 15) is 18.4 Å². The number of halogens is 3. The summed E-state index contributed by atoms with van der Waals surface area (Å²) in [7, 11) is 0. The number of rotatable bonds is 7. The van der Waals surface area contributed by atoms with Crippen molar-refractivity contribution in [1.29, 1.82) is 0 Å². The molecule has 1 aromatic heterocycles. The summed E-state index contributed by atoms with van der Waals surface area (Å²) in [5, 5.41) is 11.4. The molecule has 32 heavy (non-hydrogen) atoms. The molecule has 10 heteroatoms. The molecule has 3 aromatic rings. The molecule has 0 aliphatic rings. The van der Waals surface area contributed by atoms with Gasteiger partial charge in [-0.1, -0.05) is 17.7 Å². The minimum absolute atomic E-state index is 0.0695. The van der Waals surface area contributed by atoms with E-state index >= 15 is 0 Å². The van der Waals surface area contributed by atoms with Gasteiger partial charge in [0.15, 0.2) is 5.02 Å². The molecule has 1 amide bonds. The molecule has 0 saturated heterocycles. The van der Waals surface area contributed by atoms with Crippen LogP contribution in [0.25, 0.3) is 5.69 Å². The van der Waals surface area contributed by atoms with E-state index < -0.39 is 29.1 Å². The first kappa shape index (κ1) is 23.4. The lowest BCUT2D eigenvalue weighted by molar-refractivity contribution is 0.0922. The molecule has 3 rings (SSSR count). The number of ether oxygens (including phenoxy) is 1. The number of aromatic nitrogens is 2. The lowest BCUT2D eigenvalue weighted by Crippen LogP contribution is -2.35. The highest BCUT2D eigenvalue weighted by molar-refractivity contribution is 6.31. The Balaban J connectivity index is 1.88. The van der Waals surface area contributed by atoms with Crippen molar-refractivity contribution in [3.05, 3.63) is 86.4 Å². The van der Waals surface area contributed by atoms with Gasteiger partial charge in [-0.05, 0) is 43.7 Å². The molecule has 0 spiro atoms. The van der Waals surface area contributed by atoms with Gasteiger partial charge in [0.1, 0.15) is 24.6 Å². The average Bonchev–Trinajstić information content (AvgIpc) is 2.76. The molecule has 168 valence electrons. The number of nitrogens with one attached hydrogen (secondary N) is 1. The third-order valence-corrected chi connectivity index (χ3v) is 4.97. The highest BCUT2D eigenvalue weighted by Gasteiger charge is 2.16. The zero-order chi connectivity index (χ0) is 23.4. The average molecular weight is 464 g/mol. The molecular formula is C22H20ClF2N3O4. The summed E-state index contributed by atoms with van der Waals surface area (Å²) in [6, 6.07) is 7.34. The third-order valence-electron chi connectivity index (χ3n) is 4.65. The number of benzene rings is 2. The maximum Gasteiger partial charge on any atom is 0.280 e. The quantitative estimate of drug-likeness (QED) is 0.561. The number of amides is 1. The van der Waals surface area contributed by atoms with Crippen LogP contribution in [0.2, 0.25) is 5.02 Å². The zero-order valence-corrected chi connectivity index (χ0v) is 18.0. The standard InChI is InChI=1S/C22H20ClF2N3O4/c1-12-3-4-14(20(30)27-13(2)9-29)7-18(12)28-11-26-21(19(23)22(28)31)32-10-15-5-6-16(24)8-17(15)25/h3-8,11,13,29H,9-10H2,1-2H3,(H,27,30)/t13-/m0/s1. The molecule has 2 N–H and O–H groups in total. The molecular weight excluding hydrogens is 444 g/mol. The van der Waals surface area contributed by atoms with Crippen molar-refractivity contribution in [1.82, 2.24) is 14.9 Å². The van der Waals surface area contributed by atoms with E-state index in [0.717, 1.165) is 16.7 Å². The van der Waals surface area contributed by atoms with Crippen LogP contribution in [0.5, 0.6) is 5.88 Å². The van der Waals surface area contributed by atoms with Crippen molar-refractivity contribution in [2.75, 3.05) is 6.61 Å². The molecule has 0 bridgehead atoms. The van der Waals surface area contributed by atoms with Crippen LogP contribution in [0.4, 0.5) is 8.78 Å². The summed E-state index contributed by atoms with van der Waals surface area (Å²) >= 11 is 6.14. The van der Waals surface area contributed by atoms with Gasteiger partial charge in [-0.2, -0.15) is 0 Å². The maximum absolute atomic E-state index is 13.8. The van der Waals surface area contributed by atoms with Gasteiger partial charge in [-0.3, -0.25) is 14.2 Å². The van der Waals surface area contributed by atoms with Crippen LogP contribution in [0, 0.1) is 18.6 Å². The Kier molecular flexibility index (Phi) is 7.22. The van der Waals surface area contributed by atoms with Gasteiger partial charge in [0, 0.05) is 23.2 Å². The van der Waals surface area contributed by atoms with Crippen molar-refractivity contribution in [2.24, 2.45) is 0 Å². The number of carbonyl (C=O) groups is 1. The Labute approximate surface area is 187 Å². The van der Waals surface area contributed by atoms with Gasteiger partial charge in [-0.15, -0.1) is 0 Å². The van der Waals surface area contributed by atoms with Crippen LogP contribution in [-0.4, -0.2) is 33.2 Å². The van der Waals surface area contributed by atoms with Crippen LogP contribution >= 0.6 is 11.6 Å². The first-order chi connectivity index (χ1) is 15.2. The van der Waals surface area contributed by atoms with Crippen molar-refractivity contribution in [3.63, 3.8) is 0 Å². The van der Waals surface area contributed by atoms with Crippen molar-refractivity contribution < 1.29 is 23.4 Å². The molecule has 2 aromatic carbocycles. The Morgan fingerprint density at radius 1 is 1.28 bits per heavy atom. The summed E-state index contributed by atoms with van der Waals surface area (Å²) in [6.45, 7) is 2.87. The normalized spacial score (nSPS) is 11.8. The largest absolute Gasteiger partial charge is 0.471 e. The van der Waals surface area contributed by atoms with Gasteiger partial charge in [0.2, 0.25) is 5.88 Å². The molecule has 0 fully saturated rings. The fourth-order valence-electron chi connectivity index (χ4n) is 2.84. The number of hydrogen-bond acceptors (Lipinski definition) is 5. The predicted octanol–water partition coefficient (Wildman–Crippen LogP) is 3.16. The van der Waals surface area contributed by atoms with E-state index in [1.807, 2.05) is 0 Å². The summed E-state index contributed by atoms with van der Waals surface area (Å²) in [6.07, 6.45) is 1.19. The minimum atomic E-state index is -0.796. The van der Waals surface area contributed by atoms with Gasteiger partial charge < -0.3 is 15.2 Å². The highest BCUT2D eigenvalue weighted by Crippen LogP contribution is 2.22. The molecule has 7 nitrogen and oxygen atoms in total. The smallest absolute Gasteiger partial charge is 0.280 e. The fourth-order valence-corrected chi connectivity index (χ4v) is 3.03. The van der Waals surface area contributed by atoms with Gasteiger partial charge in [0.05, 0.1) is 12.3 Å². The molecule has 1 heterocycles. The molecule has 0 aliphatic carbocycles. The number of aliphatic hydroxyl groups is 1. The van der Waals surface area contributed by atoms with E-state index in [4.69, 9.17) is 21.4 Å². The predicted molar refractivity (Wildman–Crippen MR) is 114 cm³/mol. The second kappa shape index (κ2) is 9.88. The zero-order valence-electron chi connectivity index (χ0n) is 17.2. The number of nitrogens with zero attached hydrogens (tertiary/aromatic N) is 2. The summed E-state index contributed by atoms with van der Waals surface area (Å²) in [5.41, 5.74) is 0.755. The van der Waals surface area contributed by atoms with Gasteiger partial charge in [0.25, 0.3) is 11.5 Å². The maximum atomic E-state index is 13.8. The second-order valence-electron chi connectivity index (χ2n) is 7.12. The number of carbonyl (C=O) groups excluding carboxylic acids is 1. The van der Waals surface area contributed by atoms with E-state index in [1.165, 1.54) is 18.5 Å². The summed E-state index contributed by atoms with van der Waals surface area (Å²) < 4.78 is 33.3. The van der Waals surface area contributed by atoms with E-state index in [2.05, 4.69) is 10.3 Å². The molecule has 0 saturated carbocycles. The fraction of sp³-hybridized carbons (Fsp3) is 0.227. The van der Waals surface area contributed by atoms with E-state index in [-0.39, 0.29) is 35.2 Å². The minimum Gasteiger partial charge on any atom is -0.471 e. The first-order valence-electron chi connectivity index (χ1n) is 9.58. The summed E-state index contributed by atoms with van der Waals surface area (Å²) in [5.74, 6) is -2.14. The number of hydrogen-bond donors (Lipinski definition) is 2. The van der Waals surface area contributed by atoms with Crippen molar-refractivity contribution in [2.45, 2.75) is 26.5 Å². The molecule has 0 aliphatic heterocycles. The second-order valence-corrected chi connectivity index (χ2v) is 7.50. The highest BCUT2D eigenvalue weighted by atomic mass is 35.5. The lowest BCUT2D eigenvalue weighted by Gasteiger charge is -2.14. The Morgan fingerprint density at radius 3 is 2.72 bits per heavy atom. The number of aryl methyl sites for hydroxylation is 1. The van der Waals surface area contributed by atoms with Crippen LogP contribution in [0.3, 0.4) is 0 Å². The number of aliphatic hydroxyl groups excluding tert-OH is 1.